The lowest BCUT2D eigenvalue weighted by molar-refractivity contribution is -0.114. The molecule has 1 fully saturated rings. The second-order valence-electron chi connectivity index (χ2n) is 6.35. The zero-order valence-electron chi connectivity index (χ0n) is 14.6. The minimum Gasteiger partial charge on any atom is -0.495 e. The highest BCUT2D eigenvalue weighted by Crippen LogP contribution is 2.34. The molecule has 2 rings (SSSR count). The highest BCUT2D eigenvalue weighted by Gasteiger charge is 2.46. The van der Waals surface area contributed by atoms with Crippen molar-refractivity contribution < 1.29 is 26.4 Å². The van der Waals surface area contributed by atoms with Gasteiger partial charge in [-0.15, -0.1) is 0 Å². The summed E-state index contributed by atoms with van der Waals surface area (Å²) in [6, 6.07) is 4.11. The number of carbonyl (C=O) groups excluding carboxylic acids is 1. The number of hydrogen-bond donors (Lipinski definition) is 1. The average molecular weight is 390 g/mol. The maximum absolute atomic E-state index is 13.0. The van der Waals surface area contributed by atoms with Gasteiger partial charge < -0.3 is 10.1 Å². The summed E-state index contributed by atoms with van der Waals surface area (Å²) in [6.07, 6.45) is 0.236. The van der Waals surface area contributed by atoms with Crippen molar-refractivity contribution in [3.8, 4) is 5.75 Å². The fraction of sp³-hybridized carbons (Fsp3) is 0.533. The summed E-state index contributed by atoms with van der Waals surface area (Å²) < 4.78 is 55.7. The minimum atomic E-state index is -3.95. The van der Waals surface area contributed by atoms with Gasteiger partial charge in [0.1, 0.15) is 5.75 Å². The Hall–Kier alpha value is -1.65. The molecule has 1 heterocycles. The molecule has 0 bridgehead atoms. The van der Waals surface area contributed by atoms with E-state index in [9.17, 15) is 21.6 Å². The molecule has 1 aromatic carbocycles. The fourth-order valence-corrected chi connectivity index (χ4v) is 6.65. The zero-order chi connectivity index (χ0) is 19.0. The van der Waals surface area contributed by atoms with E-state index in [0.29, 0.717) is 5.75 Å². The SMILES string of the molecule is COc1ccc(S(=O)(=O)N(C)[C@@]2(C)CCS(=O)(=O)C2)cc1NC(C)=O. The number of ether oxygens (including phenoxy) is 1. The van der Waals surface area contributed by atoms with Gasteiger partial charge in [0, 0.05) is 19.5 Å². The topological polar surface area (TPSA) is 110 Å². The van der Waals surface area contributed by atoms with Crippen molar-refractivity contribution in [1.29, 1.82) is 0 Å². The van der Waals surface area contributed by atoms with Gasteiger partial charge in [0.05, 0.1) is 29.2 Å². The molecule has 0 saturated carbocycles. The van der Waals surface area contributed by atoms with Gasteiger partial charge in [0.25, 0.3) is 0 Å². The van der Waals surface area contributed by atoms with Crippen molar-refractivity contribution in [2.45, 2.75) is 30.7 Å². The maximum atomic E-state index is 13.0. The van der Waals surface area contributed by atoms with E-state index < -0.39 is 25.4 Å². The number of nitrogens with one attached hydrogen (secondary N) is 1. The first-order valence-electron chi connectivity index (χ1n) is 7.56. The number of sulfonamides is 1. The van der Waals surface area contributed by atoms with E-state index in [2.05, 4.69) is 5.32 Å². The molecule has 0 aromatic heterocycles. The molecule has 10 heteroatoms. The monoisotopic (exact) mass is 390 g/mol. The molecule has 1 aliphatic heterocycles. The summed E-state index contributed by atoms with van der Waals surface area (Å²) in [5.74, 6) is -0.297. The number of rotatable bonds is 5. The van der Waals surface area contributed by atoms with E-state index in [1.807, 2.05) is 0 Å². The van der Waals surface area contributed by atoms with Crippen LogP contribution in [-0.4, -0.2) is 58.3 Å². The van der Waals surface area contributed by atoms with Gasteiger partial charge in [0.2, 0.25) is 15.9 Å². The summed E-state index contributed by atoms with van der Waals surface area (Å²) in [7, 11) is -4.43. The lowest BCUT2D eigenvalue weighted by Gasteiger charge is -2.33. The molecular weight excluding hydrogens is 368 g/mol. The van der Waals surface area contributed by atoms with Crippen molar-refractivity contribution in [2.75, 3.05) is 31.0 Å². The van der Waals surface area contributed by atoms with Gasteiger partial charge in [-0.3, -0.25) is 4.79 Å². The molecule has 8 nitrogen and oxygen atoms in total. The van der Waals surface area contributed by atoms with Crippen molar-refractivity contribution >= 4 is 31.5 Å². The number of sulfone groups is 1. The molecule has 0 unspecified atom stereocenters. The second kappa shape index (κ2) is 6.58. The summed E-state index contributed by atoms with van der Waals surface area (Å²) in [5.41, 5.74) is -0.778. The molecule has 140 valence electrons. The first kappa shape index (κ1) is 19.7. The fourth-order valence-electron chi connectivity index (χ4n) is 2.82. The molecular formula is C15H22N2O6S2. The molecule has 0 radical (unpaired) electrons. The van der Waals surface area contributed by atoms with Crippen LogP contribution in [0.15, 0.2) is 23.1 Å². The first-order chi connectivity index (χ1) is 11.4. The van der Waals surface area contributed by atoms with Crippen LogP contribution < -0.4 is 10.1 Å². The number of benzene rings is 1. The second-order valence-corrected chi connectivity index (χ2v) is 10.5. The number of methoxy groups -OCH3 is 1. The molecule has 1 atom stereocenters. The van der Waals surface area contributed by atoms with Crippen molar-refractivity contribution in [1.82, 2.24) is 4.31 Å². The van der Waals surface area contributed by atoms with Crippen LogP contribution in [0.4, 0.5) is 5.69 Å². The average Bonchev–Trinajstić information content (AvgIpc) is 2.80. The molecule has 25 heavy (non-hydrogen) atoms. The van der Waals surface area contributed by atoms with Gasteiger partial charge in [-0.25, -0.2) is 16.8 Å². The summed E-state index contributed by atoms with van der Waals surface area (Å²) in [6.45, 7) is 2.92. The molecule has 1 aromatic rings. The lowest BCUT2D eigenvalue weighted by Crippen LogP contribution is -2.48. The van der Waals surface area contributed by atoms with E-state index >= 15 is 0 Å². The predicted molar refractivity (Wildman–Crippen MR) is 93.9 cm³/mol. The number of anilines is 1. The summed E-state index contributed by atoms with van der Waals surface area (Å²) in [4.78, 5) is 11.3. The van der Waals surface area contributed by atoms with E-state index in [0.717, 1.165) is 4.31 Å². The van der Waals surface area contributed by atoms with E-state index in [-0.39, 0.29) is 34.4 Å². The van der Waals surface area contributed by atoms with Crippen LogP contribution in [0.2, 0.25) is 0 Å². The van der Waals surface area contributed by atoms with Crippen LogP contribution >= 0.6 is 0 Å². The molecule has 1 aliphatic rings. The largest absolute Gasteiger partial charge is 0.495 e. The van der Waals surface area contributed by atoms with Crippen LogP contribution in [0.25, 0.3) is 0 Å². The van der Waals surface area contributed by atoms with Crippen molar-refractivity contribution in [3.63, 3.8) is 0 Å². The molecule has 1 amide bonds. The van der Waals surface area contributed by atoms with Crippen molar-refractivity contribution in [2.24, 2.45) is 0 Å². The van der Waals surface area contributed by atoms with E-state index in [4.69, 9.17) is 4.74 Å². The number of nitrogens with zero attached hydrogens (tertiary/aromatic N) is 1. The number of hydrogen-bond acceptors (Lipinski definition) is 6. The molecule has 1 N–H and O–H groups in total. The van der Waals surface area contributed by atoms with Gasteiger partial charge in [0.15, 0.2) is 9.84 Å². The van der Waals surface area contributed by atoms with Gasteiger partial charge >= 0.3 is 0 Å². The normalized spacial score (nSPS) is 22.8. The standard InChI is InChI=1S/C15H22N2O6S2/c1-11(18)16-13-9-12(5-6-14(13)23-4)25(21,22)17(3)15(2)7-8-24(19,20)10-15/h5-6,9H,7-8,10H2,1-4H3,(H,16,18)/t15-/m0/s1. The van der Waals surface area contributed by atoms with E-state index in [1.54, 1.807) is 6.92 Å². The molecule has 0 spiro atoms. The van der Waals surface area contributed by atoms with Crippen LogP contribution in [0.5, 0.6) is 5.75 Å². The van der Waals surface area contributed by atoms with Gasteiger partial charge in [-0.1, -0.05) is 0 Å². The van der Waals surface area contributed by atoms with Crippen LogP contribution in [0, 0.1) is 0 Å². The predicted octanol–water partition coefficient (Wildman–Crippen LogP) is 0.851. The van der Waals surface area contributed by atoms with Crippen LogP contribution in [-0.2, 0) is 24.7 Å². The smallest absolute Gasteiger partial charge is 0.243 e. The maximum Gasteiger partial charge on any atom is 0.243 e. The van der Waals surface area contributed by atoms with Crippen LogP contribution in [0.3, 0.4) is 0 Å². The number of amides is 1. The third-order valence-corrected chi connectivity index (χ3v) is 8.28. The number of carbonyl (C=O) groups is 1. The third-order valence-electron chi connectivity index (χ3n) is 4.38. The Kier molecular flexibility index (Phi) is 5.18. The zero-order valence-corrected chi connectivity index (χ0v) is 16.2. The summed E-state index contributed by atoms with van der Waals surface area (Å²) >= 11 is 0. The van der Waals surface area contributed by atoms with Crippen LogP contribution in [0.1, 0.15) is 20.3 Å². The highest BCUT2D eigenvalue weighted by molar-refractivity contribution is 7.92. The highest BCUT2D eigenvalue weighted by atomic mass is 32.2. The van der Waals surface area contributed by atoms with E-state index in [1.165, 1.54) is 39.3 Å². The first-order valence-corrected chi connectivity index (χ1v) is 10.8. The van der Waals surface area contributed by atoms with Crippen molar-refractivity contribution in [3.05, 3.63) is 18.2 Å². The Morgan fingerprint density at radius 1 is 1.36 bits per heavy atom. The Labute approximate surface area is 148 Å². The lowest BCUT2D eigenvalue weighted by atomic mass is 10.0. The minimum absolute atomic E-state index is 0.0386. The quantitative estimate of drug-likeness (QED) is 0.798. The van der Waals surface area contributed by atoms with Gasteiger partial charge in [-0.05, 0) is 31.5 Å². The third kappa shape index (κ3) is 3.96. The Bertz CT molecular complexity index is 895. The molecule has 1 saturated heterocycles. The Balaban J connectivity index is 2.44. The Morgan fingerprint density at radius 2 is 2.00 bits per heavy atom. The Morgan fingerprint density at radius 3 is 2.48 bits per heavy atom. The van der Waals surface area contributed by atoms with Gasteiger partial charge in [-0.2, -0.15) is 4.31 Å². The summed E-state index contributed by atoms with van der Waals surface area (Å²) in [5, 5.41) is 2.53. The molecule has 0 aliphatic carbocycles.